The van der Waals surface area contributed by atoms with Gasteiger partial charge in [-0.05, 0) is 26.0 Å². The second-order valence-electron chi connectivity index (χ2n) is 5.24. The van der Waals surface area contributed by atoms with Crippen LogP contribution in [0.1, 0.15) is 51.2 Å². The van der Waals surface area contributed by atoms with Gasteiger partial charge in [-0.25, -0.2) is 9.48 Å². The van der Waals surface area contributed by atoms with Crippen molar-refractivity contribution in [3.63, 3.8) is 0 Å². The number of hydrogen-bond donors (Lipinski definition) is 0. The van der Waals surface area contributed by atoms with Crippen LogP contribution in [0.5, 0.6) is 0 Å². The molecule has 0 bridgehead atoms. The van der Waals surface area contributed by atoms with Crippen molar-refractivity contribution in [2.45, 2.75) is 46.2 Å². The Morgan fingerprint density at radius 1 is 1.21 bits per heavy atom. The van der Waals surface area contributed by atoms with Crippen LogP contribution in [0.25, 0.3) is 0 Å². The van der Waals surface area contributed by atoms with Gasteiger partial charge in [0, 0.05) is 18.2 Å². The van der Waals surface area contributed by atoms with Crippen molar-refractivity contribution in [1.82, 2.24) is 19.3 Å². The Balaban J connectivity index is 2.43. The summed E-state index contributed by atoms with van der Waals surface area (Å²) < 4.78 is 3.26. The van der Waals surface area contributed by atoms with E-state index in [9.17, 15) is 4.79 Å². The fraction of sp³-hybridized carbons (Fsp3) is 0.500. The fourth-order valence-corrected chi connectivity index (χ4v) is 2.06. The maximum Gasteiger partial charge on any atom is 0.346 e. The Labute approximate surface area is 112 Å². The first-order chi connectivity index (χ1) is 9.00. The Morgan fingerprint density at radius 3 is 2.42 bits per heavy atom. The van der Waals surface area contributed by atoms with Gasteiger partial charge in [-0.15, -0.1) is 0 Å². The molecular formula is C14H20N4O. The van der Waals surface area contributed by atoms with Crippen LogP contribution >= 0.6 is 0 Å². The van der Waals surface area contributed by atoms with Crippen molar-refractivity contribution in [3.05, 3.63) is 46.4 Å². The van der Waals surface area contributed by atoms with Gasteiger partial charge in [-0.2, -0.15) is 5.10 Å². The monoisotopic (exact) mass is 260 g/mol. The molecule has 0 unspecified atom stereocenters. The van der Waals surface area contributed by atoms with Gasteiger partial charge in [-0.3, -0.25) is 9.55 Å². The Hall–Kier alpha value is -1.91. The van der Waals surface area contributed by atoms with Gasteiger partial charge in [-0.1, -0.05) is 19.9 Å². The highest BCUT2D eigenvalue weighted by Crippen LogP contribution is 2.14. The average molecular weight is 260 g/mol. The van der Waals surface area contributed by atoms with E-state index in [2.05, 4.69) is 10.1 Å². The summed E-state index contributed by atoms with van der Waals surface area (Å²) in [6, 6.07) is 5.78. The summed E-state index contributed by atoms with van der Waals surface area (Å²) in [6.07, 6.45) is 1.73. The lowest BCUT2D eigenvalue weighted by Crippen LogP contribution is -2.27. The van der Waals surface area contributed by atoms with E-state index in [1.165, 1.54) is 4.68 Å². The van der Waals surface area contributed by atoms with Crippen LogP contribution in [0.3, 0.4) is 0 Å². The molecular weight excluding hydrogens is 240 g/mol. The van der Waals surface area contributed by atoms with E-state index in [1.807, 2.05) is 45.9 Å². The molecule has 2 rings (SSSR count). The minimum atomic E-state index is -0.0654. The molecule has 2 aromatic rings. The topological polar surface area (TPSA) is 52.7 Å². The lowest BCUT2D eigenvalue weighted by atomic mass is 10.2. The number of pyridine rings is 1. The normalized spacial score (nSPS) is 11.5. The maximum absolute atomic E-state index is 12.4. The van der Waals surface area contributed by atoms with Gasteiger partial charge < -0.3 is 0 Å². The van der Waals surface area contributed by atoms with Crippen molar-refractivity contribution in [1.29, 1.82) is 0 Å². The van der Waals surface area contributed by atoms with Crippen molar-refractivity contribution >= 4 is 0 Å². The van der Waals surface area contributed by atoms with Gasteiger partial charge in [0.2, 0.25) is 0 Å². The summed E-state index contributed by atoms with van der Waals surface area (Å²) in [5, 5.41) is 4.45. The quantitative estimate of drug-likeness (QED) is 0.846. The maximum atomic E-state index is 12.4. The molecule has 0 saturated heterocycles. The summed E-state index contributed by atoms with van der Waals surface area (Å²) in [5.41, 5.74) is 0.776. The number of hydrogen-bond acceptors (Lipinski definition) is 3. The van der Waals surface area contributed by atoms with Gasteiger partial charge >= 0.3 is 5.69 Å². The summed E-state index contributed by atoms with van der Waals surface area (Å²) in [7, 11) is 0. The minimum Gasteiger partial charge on any atom is -0.276 e. The molecule has 0 amide bonds. The first kappa shape index (κ1) is 13.5. The molecule has 5 heteroatoms. The first-order valence-electron chi connectivity index (χ1n) is 6.60. The summed E-state index contributed by atoms with van der Waals surface area (Å²) >= 11 is 0. The van der Waals surface area contributed by atoms with Gasteiger partial charge in [0.1, 0.15) is 5.82 Å². The van der Waals surface area contributed by atoms with E-state index in [0.717, 1.165) is 11.5 Å². The molecule has 2 heterocycles. The van der Waals surface area contributed by atoms with E-state index >= 15 is 0 Å². The molecule has 0 aliphatic carbocycles. The highest BCUT2D eigenvalue weighted by molar-refractivity contribution is 5.04. The molecule has 0 aliphatic rings. The summed E-state index contributed by atoms with van der Waals surface area (Å²) in [6.45, 7) is 8.51. The number of rotatable bonds is 4. The van der Waals surface area contributed by atoms with Crippen LogP contribution in [-0.2, 0) is 6.54 Å². The van der Waals surface area contributed by atoms with E-state index in [-0.39, 0.29) is 17.6 Å². The predicted octanol–water partition coefficient (Wildman–Crippen LogP) is 2.19. The average Bonchev–Trinajstić information content (AvgIpc) is 2.68. The van der Waals surface area contributed by atoms with Crippen LogP contribution < -0.4 is 5.69 Å². The number of aromatic nitrogens is 4. The molecule has 0 atom stereocenters. The second kappa shape index (κ2) is 5.38. The molecule has 0 spiro atoms. The molecule has 0 aliphatic heterocycles. The molecule has 0 aromatic carbocycles. The zero-order valence-electron chi connectivity index (χ0n) is 11.9. The van der Waals surface area contributed by atoms with E-state index < -0.39 is 0 Å². The summed E-state index contributed by atoms with van der Waals surface area (Å²) in [5.74, 6) is 1.05. The van der Waals surface area contributed by atoms with Crippen molar-refractivity contribution < 1.29 is 0 Å². The highest BCUT2D eigenvalue weighted by Gasteiger charge is 2.18. The van der Waals surface area contributed by atoms with Crippen molar-refractivity contribution in [2.75, 3.05) is 0 Å². The zero-order valence-corrected chi connectivity index (χ0v) is 11.9. The second-order valence-corrected chi connectivity index (χ2v) is 5.24. The molecule has 0 fully saturated rings. The van der Waals surface area contributed by atoms with E-state index in [0.29, 0.717) is 6.54 Å². The number of nitrogens with zero attached hydrogens (tertiary/aromatic N) is 4. The smallest absolute Gasteiger partial charge is 0.276 e. The zero-order chi connectivity index (χ0) is 14.0. The largest absolute Gasteiger partial charge is 0.346 e. The Morgan fingerprint density at radius 2 is 1.95 bits per heavy atom. The molecule has 0 N–H and O–H groups in total. The van der Waals surface area contributed by atoms with Crippen LogP contribution in [0.2, 0.25) is 0 Å². The molecule has 0 saturated carbocycles. The Kier molecular flexibility index (Phi) is 3.83. The van der Waals surface area contributed by atoms with Gasteiger partial charge in [0.05, 0.1) is 12.2 Å². The van der Waals surface area contributed by atoms with Crippen LogP contribution in [0.15, 0.2) is 29.2 Å². The third kappa shape index (κ3) is 2.75. The lowest BCUT2D eigenvalue weighted by Gasteiger charge is -2.10. The van der Waals surface area contributed by atoms with Crippen LogP contribution in [0.4, 0.5) is 0 Å². The standard InChI is InChI=1S/C14H20N4O/c1-10(2)13-16-17(14(19)18(13)11(3)4)9-12-7-5-6-8-15-12/h5-8,10-11H,9H2,1-4H3. The SMILES string of the molecule is CC(C)c1nn(Cc2ccccn2)c(=O)n1C(C)C. The Bertz CT molecular complexity index is 596. The lowest BCUT2D eigenvalue weighted by molar-refractivity contribution is 0.530. The minimum absolute atomic E-state index is 0.0654. The fourth-order valence-electron chi connectivity index (χ4n) is 2.06. The van der Waals surface area contributed by atoms with Gasteiger partial charge in [0.25, 0.3) is 0 Å². The highest BCUT2D eigenvalue weighted by atomic mass is 16.2. The van der Waals surface area contributed by atoms with Crippen LogP contribution in [-0.4, -0.2) is 19.3 Å². The van der Waals surface area contributed by atoms with Gasteiger partial charge in [0.15, 0.2) is 0 Å². The molecule has 102 valence electrons. The predicted molar refractivity (Wildman–Crippen MR) is 74.3 cm³/mol. The molecule has 2 aromatic heterocycles. The van der Waals surface area contributed by atoms with E-state index in [4.69, 9.17) is 0 Å². The third-order valence-electron chi connectivity index (χ3n) is 2.97. The molecule has 0 radical (unpaired) electrons. The third-order valence-corrected chi connectivity index (χ3v) is 2.97. The van der Waals surface area contributed by atoms with E-state index in [1.54, 1.807) is 10.8 Å². The first-order valence-corrected chi connectivity index (χ1v) is 6.60. The molecule has 19 heavy (non-hydrogen) atoms. The molecule has 5 nitrogen and oxygen atoms in total. The summed E-state index contributed by atoms with van der Waals surface area (Å²) in [4.78, 5) is 16.6. The van der Waals surface area contributed by atoms with Crippen molar-refractivity contribution in [3.8, 4) is 0 Å². The van der Waals surface area contributed by atoms with Crippen LogP contribution in [0, 0.1) is 0 Å². The van der Waals surface area contributed by atoms with Crippen molar-refractivity contribution in [2.24, 2.45) is 0 Å².